The number of nitrogens with zero attached hydrogens (tertiary/aromatic N) is 1. The molecule has 1 rings (SSSR count). The van der Waals surface area contributed by atoms with E-state index in [1.807, 2.05) is 20.8 Å². The molecule has 0 N–H and O–H groups in total. The van der Waals surface area contributed by atoms with Crippen LogP contribution in [0.1, 0.15) is 40.0 Å². The van der Waals surface area contributed by atoms with E-state index in [9.17, 15) is 4.79 Å². The second kappa shape index (κ2) is 4.57. The monoisotopic (exact) mass is 209 g/mol. The average molecular weight is 209 g/mol. The summed E-state index contributed by atoms with van der Waals surface area (Å²) < 4.78 is 5.30. The van der Waals surface area contributed by atoms with Crippen LogP contribution in [-0.2, 0) is 4.74 Å². The van der Waals surface area contributed by atoms with Crippen molar-refractivity contribution in [3.8, 4) is 12.3 Å². The van der Waals surface area contributed by atoms with E-state index in [4.69, 9.17) is 11.2 Å². The minimum absolute atomic E-state index is 0.287. The highest BCUT2D eigenvalue weighted by molar-refractivity contribution is 5.69. The first-order chi connectivity index (χ1) is 6.94. The zero-order valence-corrected chi connectivity index (χ0v) is 9.75. The molecule has 3 nitrogen and oxygen atoms in total. The molecule has 0 unspecified atom stereocenters. The van der Waals surface area contributed by atoms with Crippen LogP contribution < -0.4 is 0 Å². The van der Waals surface area contributed by atoms with E-state index in [0.29, 0.717) is 6.54 Å². The van der Waals surface area contributed by atoms with E-state index in [-0.39, 0.29) is 12.1 Å². The molecule has 3 heteroatoms. The van der Waals surface area contributed by atoms with Crippen LogP contribution in [0.25, 0.3) is 0 Å². The lowest BCUT2D eigenvalue weighted by molar-refractivity contribution is 0.0109. The molecule has 0 spiro atoms. The van der Waals surface area contributed by atoms with Gasteiger partial charge >= 0.3 is 6.09 Å². The summed E-state index contributed by atoms with van der Waals surface area (Å²) in [7, 11) is 0. The smallest absolute Gasteiger partial charge is 0.411 e. The van der Waals surface area contributed by atoms with E-state index in [1.54, 1.807) is 4.90 Å². The molecule has 1 aliphatic carbocycles. The Morgan fingerprint density at radius 3 is 2.47 bits per heavy atom. The maximum absolute atomic E-state index is 11.8. The molecule has 0 radical (unpaired) electrons. The van der Waals surface area contributed by atoms with Gasteiger partial charge < -0.3 is 4.74 Å². The molecule has 0 saturated heterocycles. The summed E-state index contributed by atoms with van der Waals surface area (Å²) in [6.45, 7) is 5.93. The van der Waals surface area contributed by atoms with E-state index in [2.05, 4.69) is 5.92 Å². The lowest BCUT2D eigenvalue weighted by atomic mass is 9.92. The van der Waals surface area contributed by atoms with Gasteiger partial charge in [-0.2, -0.15) is 0 Å². The predicted molar refractivity (Wildman–Crippen MR) is 59.4 cm³/mol. The molecule has 0 aliphatic heterocycles. The molecule has 15 heavy (non-hydrogen) atoms. The summed E-state index contributed by atoms with van der Waals surface area (Å²) >= 11 is 0. The number of terminal acetylenes is 1. The number of hydrogen-bond donors (Lipinski definition) is 0. The van der Waals surface area contributed by atoms with Crippen LogP contribution in [-0.4, -0.2) is 29.2 Å². The third-order valence-corrected chi connectivity index (χ3v) is 2.41. The fourth-order valence-electron chi connectivity index (χ4n) is 1.46. The molecule has 1 fully saturated rings. The summed E-state index contributed by atoms with van der Waals surface area (Å²) in [4.78, 5) is 13.5. The van der Waals surface area contributed by atoms with Crippen molar-refractivity contribution in [1.82, 2.24) is 4.90 Å². The molecule has 0 atom stereocenters. The Morgan fingerprint density at radius 1 is 1.53 bits per heavy atom. The van der Waals surface area contributed by atoms with E-state index in [1.165, 1.54) is 6.42 Å². The van der Waals surface area contributed by atoms with Crippen molar-refractivity contribution in [3.05, 3.63) is 0 Å². The maximum atomic E-state index is 11.8. The maximum Gasteiger partial charge on any atom is 0.411 e. The van der Waals surface area contributed by atoms with Crippen molar-refractivity contribution in [2.75, 3.05) is 6.54 Å². The molecular weight excluding hydrogens is 190 g/mol. The average Bonchev–Trinajstić information content (AvgIpc) is 1.96. The quantitative estimate of drug-likeness (QED) is 0.654. The number of amides is 1. The Morgan fingerprint density at radius 2 is 2.13 bits per heavy atom. The van der Waals surface area contributed by atoms with Crippen LogP contribution in [0.3, 0.4) is 0 Å². The van der Waals surface area contributed by atoms with Gasteiger partial charge in [0.1, 0.15) is 5.60 Å². The summed E-state index contributed by atoms with van der Waals surface area (Å²) in [5.41, 5.74) is -0.451. The minimum atomic E-state index is -0.451. The standard InChI is InChI=1S/C12H19NO2/c1-5-9-13(10-7-6-8-10)11(14)15-12(2,3)4/h1,10H,6-9H2,2-4H3. The molecule has 1 saturated carbocycles. The number of carbonyl (C=O) groups excluding carboxylic acids is 1. The van der Waals surface area contributed by atoms with Gasteiger partial charge in [-0.25, -0.2) is 4.79 Å². The number of carbonyl (C=O) groups is 1. The molecule has 0 aromatic carbocycles. The fraction of sp³-hybridized carbons (Fsp3) is 0.750. The lowest BCUT2D eigenvalue weighted by Gasteiger charge is -2.37. The molecule has 0 bridgehead atoms. The first-order valence-electron chi connectivity index (χ1n) is 5.37. The van der Waals surface area contributed by atoms with Crippen molar-refractivity contribution >= 4 is 6.09 Å². The normalized spacial score (nSPS) is 16.4. The first kappa shape index (κ1) is 11.9. The Bertz CT molecular complexity index is 268. The van der Waals surface area contributed by atoms with Crippen LogP contribution in [0.5, 0.6) is 0 Å². The fourth-order valence-corrected chi connectivity index (χ4v) is 1.46. The molecule has 0 heterocycles. The highest BCUT2D eigenvalue weighted by Gasteiger charge is 2.31. The van der Waals surface area contributed by atoms with Crippen molar-refractivity contribution in [2.45, 2.75) is 51.7 Å². The van der Waals surface area contributed by atoms with Gasteiger partial charge in [0, 0.05) is 6.04 Å². The van der Waals surface area contributed by atoms with Crippen molar-refractivity contribution < 1.29 is 9.53 Å². The highest BCUT2D eigenvalue weighted by atomic mass is 16.6. The summed E-state index contributed by atoms with van der Waals surface area (Å²) in [6, 6.07) is 0.288. The van der Waals surface area contributed by atoms with Gasteiger partial charge in [-0.3, -0.25) is 4.90 Å². The Hall–Kier alpha value is -1.17. The Labute approximate surface area is 91.8 Å². The van der Waals surface area contributed by atoms with Crippen molar-refractivity contribution in [3.63, 3.8) is 0 Å². The molecule has 0 aromatic rings. The second-order valence-corrected chi connectivity index (χ2v) is 4.90. The number of hydrogen-bond acceptors (Lipinski definition) is 2. The summed E-state index contributed by atoms with van der Waals surface area (Å²) in [5.74, 6) is 2.51. The van der Waals surface area contributed by atoms with Gasteiger partial charge in [-0.15, -0.1) is 6.42 Å². The van der Waals surface area contributed by atoms with Crippen molar-refractivity contribution in [2.24, 2.45) is 0 Å². The Balaban J connectivity index is 2.55. The zero-order chi connectivity index (χ0) is 11.5. The molecule has 84 valence electrons. The van der Waals surface area contributed by atoms with Gasteiger partial charge in [-0.1, -0.05) is 5.92 Å². The van der Waals surface area contributed by atoms with E-state index in [0.717, 1.165) is 12.8 Å². The summed E-state index contributed by atoms with van der Waals surface area (Å²) in [6.07, 6.45) is 8.22. The zero-order valence-electron chi connectivity index (χ0n) is 9.75. The van der Waals surface area contributed by atoms with Crippen molar-refractivity contribution in [1.29, 1.82) is 0 Å². The van der Waals surface area contributed by atoms with Crippen LogP contribution >= 0.6 is 0 Å². The largest absolute Gasteiger partial charge is 0.444 e. The molecule has 1 amide bonds. The van der Waals surface area contributed by atoms with Crippen LogP contribution in [0.4, 0.5) is 4.79 Å². The summed E-state index contributed by atoms with van der Waals surface area (Å²) in [5, 5.41) is 0. The van der Waals surface area contributed by atoms with E-state index >= 15 is 0 Å². The van der Waals surface area contributed by atoms with Gasteiger partial charge in [0.25, 0.3) is 0 Å². The van der Waals surface area contributed by atoms with Crippen LogP contribution in [0.2, 0.25) is 0 Å². The van der Waals surface area contributed by atoms with Crippen LogP contribution in [0, 0.1) is 12.3 Å². The van der Waals surface area contributed by atoms with Crippen LogP contribution in [0.15, 0.2) is 0 Å². The minimum Gasteiger partial charge on any atom is -0.444 e. The molecule has 0 aromatic heterocycles. The first-order valence-corrected chi connectivity index (χ1v) is 5.37. The van der Waals surface area contributed by atoms with Gasteiger partial charge in [0.05, 0.1) is 6.54 Å². The highest BCUT2D eigenvalue weighted by Crippen LogP contribution is 2.25. The Kier molecular flexibility index (Phi) is 3.62. The van der Waals surface area contributed by atoms with E-state index < -0.39 is 5.60 Å². The van der Waals surface area contributed by atoms with Gasteiger partial charge in [0.15, 0.2) is 0 Å². The van der Waals surface area contributed by atoms with Gasteiger partial charge in [0.2, 0.25) is 0 Å². The third-order valence-electron chi connectivity index (χ3n) is 2.41. The topological polar surface area (TPSA) is 29.5 Å². The second-order valence-electron chi connectivity index (χ2n) is 4.90. The third kappa shape index (κ3) is 3.47. The molecular formula is C12H19NO2. The SMILES string of the molecule is C#CCN(C(=O)OC(C)(C)C)C1CCC1. The predicted octanol–water partition coefficient (Wildman–Crippen LogP) is 2.41. The van der Waals surface area contributed by atoms with Gasteiger partial charge in [-0.05, 0) is 40.0 Å². The lowest BCUT2D eigenvalue weighted by Crippen LogP contribution is -2.46. The number of rotatable bonds is 2. The number of ether oxygens (including phenoxy) is 1. The molecule has 1 aliphatic rings.